The average molecular weight is 515 g/mol. The van der Waals surface area contributed by atoms with Crippen LogP contribution < -0.4 is 15.4 Å². The van der Waals surface area contributed by atoms with Crippen molar-refractivity contribution < 1.29 is 13.9 Å². The highest BCUT2D eigenvalue weighted by molar-refractivity contribution is 5.98. The number of nitrogens with one attached hydrogen (secondary N) is 3. The van der Waals surface area contributed by atoms with Crippen molar-refractivity contribution in [3.05, 3.63) is 84.2 Å². The van der Waals surface area contributed by atoms with E-state index in [9.17, 15) is 9.18 Å². The topological polar surface area (TPSA) is 95.2 Å². The number of rotatable bonds is 11. The van der Waals surface area contributed by atoms with Gasteiger partial charge >= 0.3 is 0 Å². The Kier molecular flexibility index (Phi) is 7.65. The van der Waals surface area contributed by atoms with E-state index in [-0.39, 0.29) is 12.6 Å². The molecule has 0 saturated carbocycles. The first-order chi connectivity index (χ1) is 18.5. The van der Waals surface area contributed by atoms with Gasteiger partial charge in [-0.2, -0.15) is 4.98 Å². The number of aromatic nitrogens is 3. The minimum Gasteiger partial charge on any atom is -0.495 e. The third-order valence-corrected chi connectivity index (χ3v) is 6.72. The van der Waals surface area contributed by atoms with Gasteiger partial charge in [0.2, 0.25) is 11.9 Å². The lowest BCUT2D eigenvalue weighted by atomic mass is 9.92. The first-order valence-electron chi connectivity index (χ1n) is 12.6. The summed E-state index contributed by atoms with van der Waals surface area (Å²) >= 11 is 0. The molecule has 0 spiro atoms. The fraction of sp³-hybridized carbons (Fsp3) is 0.276. The van der Waals surface area contributed by atoms with Gasteiger partial charge in [0, 0.05) is 43.3 Å². The van der Waals surface area contributed by atoms with Crippen molar-refractivity contribution in [1.29, 1.82) is 0 Å². The van der Waals surface area contributed by atoms with Crippen LogP contribution in [0.3, 0.4) is 0 Å². The molecule has 1 fully saturated rings. The van der Waals surface area contributed by atoms with Gasteiger partial charge in [-0.1, -0.05) is 24.8 Å². The number of fused-ring (bicyclic) bond motifs is 1. The van der Waals surface area contributed by atoms with Gasteiger partial charge in [-0.25, -0.2) is 9.37 Å². The smallest absolute Gasteiger partial charge is 0.247 e. The molecule has 3 heterocycles. The fourth-order valence-corrected chi connectivity index (χ4v) is 4.87. The molecule has 196 valence electrons. The van der Waals surface area contributed by atoms with Crippen LogP contribution >= 0.6 is 0 Å². The van der Waals surface area contributed by atoms with Crippen LogP contribution in [0.25, 0.3) is 11.0 Å². The number of anilines is 3. The molecular weight excluding hydrogens is 483 g/mol. The van der Waals surface area contributed by atoms with E-state index in [1.165, 1.54) is 11.6 Å². The van der Waals surface area contributed by atoms with Crippen molar-refractivity contribution in [1.82, 2.24) is 19.9 Å². The largest absolute Gasteiger partial charge is 0.495 e. The number of carbonyl (C=O) groups excluding carboxylic acids is 1. The van der Waals surface area contributed by atoms with Crippen molar-refractivity contribution in [3.8, 4) is 5.75 Å². The summed E-state index contributed by atoms with van der Waals surface area (Å²) in [7, 11) is 1.65. The molecule has 0 radical (unpaired) electrons. The zero-order chi connectivity index (χ0) is 26.5. The number of likely N-dealkylation sites (tertiary alicyclic amines) is 1. The minimum atomic E-state index is -0.292. The summed E-state index contributed by atoms with van der Waals surface area (Å²) in [6.07, 6.45) is 4.58. The first-order valence-corrected chi connectivity index (χ1v) is 12.6. The second-order valence-electron chi connectivity index (χ2n) is 9.48. The highest BCUT2D eigenvalue weighted by Gasteiger charge is 2.26. The van der Waals surface area contributed by atoms with E-state index < -0.39 is 0 Å². The number of hydrogen-bond donors (Lipinski definition) is 3. The maximum atomic E-state index is 12.5. The van der Waals surface area contributed by atoms with Gasteiger partial charge in [-0.05, 0) is 59.9 Å². The SMILES string of the molecule is C=CC(=O)Nc1cccc(Cc2nc(Nc3ccc(CC4CN(CCF)C4)cc3OC)nc3[nH]ccc23)c1. The summed E-state index contributed by atoms with van der Waals surface area (Å²) in [6.45, 7) is 5.60. The number of methoxy groups -OCH3 is 1. The number of benzene rings is 2. The standard InChI is InChI=1S/C29H31FN6O2/c1-3-27(37)32-22-6-4-5-19(14-22)15-25-23-9-11-31-28(23)35-29(34-25)33-24-8-7-20(16-26(24)38-2)13-21-17-36(18-21)12-10-30/h3-9,11,14,16,21H,1,10,12-13,15,17-18H2,2H3,(H,32,37)(H2,31,33,34,35). The van der Waals surface area contributed by atoms with E-state index in [1.807, 2.05) is 48.7 Å². The predicted molar refractivity (Wildman–Crippen MR) is 148 cm³/mol. The predicted octanol–water partition coefficient (Wildman–Crippen LogP) is 4.87. The summed E-state index contributed by atoms with van der Waals surface area (Å²) < 4.78 is 18.2. The highest BCUT2D eigenvalue weighted by atomic mass is 19.1. The number of halogens is 1. The van der Waals surface area contributed by atoms with E-state index in [2.05, 4.69) is 38.1 Å². The third kappa shape index (κ3) is 5.84. The Morgan fingerprint density at radius 1 is 1.21 bits per heavy atom. The summed E-state index contributed by atoms with van der Waals surface area (Å²) in [5, 5.41) is 7.05. The van der Waals surface area contributed by atoms with Crippen LogP contribution in [0.1, 0.15) is 16.8 Å². The lowest BCUT2D eigenvalue weighted by Gasteiger charge is -2.38. The zero-order valence-corrected chi connectivity index (χ0v) is 21.3. The molecule has 9 heteroatoms. The molecule has 4 aromatic rings. The van der Waals surface area contributed by atoms with Crippen LogP contribution in [0.15, 0.2) is 67.4 Å². The van der Waals surface area contributed by atoms with E-state index in [4.69, 9.17) is 9.72 Å². The zero-order valence-electron chi connectivity index (χ0n) is 21.3. The van der Waals surface area contributed by atoms with Gasteiger partial charge in [0.1, 0.15) is 18.1 Å². The molecule has 2 aromatic carbocycles. The van der Waals surface area contributed by atoms with Crippen LogP contribution in [0.5, 0.6) is 5.75 Å². The van der Waals surface area contributed by atoms with Crippen LogP contribution in [-0.4, -0.2) is 59.2 Å². The van der Waals surface area contributed by atoms with Crippen molar-refractivity contribution >= 4 is 34.3 Å². The number of ether oxygens (including phenoxy) is 1. The Labute approximate surface area is 220 Å². The molecule has 0 unspecified atom stereocenters. The molecule has 1 amide bonds. The second-order valence-corrected chi connectivity index (χ2v) is 9.48. The van der Waals surface area contributed by atoms with Crippen molar-refractivity contribution in [2.24, 2.45) is 5.92 Å². The number of hydrogen-bond acceptors (Lipinski definition) is 6. The normalized spacial score (nSPS) is 13.7. The molecule has 5 rings (SSSR count). The van der Waals surface area contributed by atoms with Gasteiger partial charge in [-0.3, -0.25) is 4.79 Å². The maximum absolute atomic E-state index is 12.5. The summed E-state index contributed by atoms with van der Waals surface area (Å²) in [6, 6.07) is 15.7. The molecule has 1 saturated heterocycles. The summed E-state index contributed by atoms with van der Waals surface area (Å²) in [4.78, 5) is 26.5. The number of amides is 1. The summed E-state index contributed by atoms with van der Waals surface area (Å²) in [5.74, 6) is 1.45. The Morgan fingerprint density at radius 3 is 2.87 bits per heavy atom. The maximum Gasteiger partial charge on any atom is 0.247 e. The van der Waals surface area contributed by atoms with Gasteiger partial charge in [-0.15, -0.1) is 0 Å². The van der Waals surface area contributed by atoms with Gasteiger partial charge < -0.3 is 25.3 Å². The summed E-state index contributed by atoms with van der Waals surface area (Å²) in [5.41, 5.74) is 5.24. The Morgan fingerprint density at radius 2 is 2.08 bits per heavy atom. The molecule has 3 N–H and O–H groups in total. The van der Waals surface area contributed by atoms with Crippen molar-refractivity contribution in [3.63, 3.8) is 0 Å². The van der Waals surface area contributed by atoms with Crippen LogP contribution in [0.4, 0.5) is 21.7 Å². The molecule has 8 nitrogen and oxygen atoms in total. The minimum absolute atomic E-state index is 0.255. The first kappa shape index (κ1) is 25.4. The van der Waals surface area contributed by atoms with E-state index in [0.717, 1.165) is 47.5 Å². The van der Waals surface area contributed by atoms with Crippen molar-refractivity contribution in [2.75, 3.05) is 44.1 Å². The molecule has 0 aliphatic carbocycles. The van der Waals surface area contributed by atoms with E-state index in [0.29, 0.717) is 36.3 Å². The third-order valence-electron chi connectivity index (χ3n) is 6.72. The van der Waals surface area contributed by atoms with E-state index >= 15 is 0 Å². The molecule has 1 aliphatic rings. The Bertz CT molecular complexity index is 1450. The highest BCUT2D eigenvalue weighted by Crippen LogP contribution is 2.31. The number of alkyl halides is 1. The van der Waals surface area contributed by atoms with Gasteiger partial charge in [0.25, 0.3) is 0 Å². The van der Waals surface area contributed by atoms with Crippen LogP contribution in [-0.2, 0) is 17.6 Å². The average Bonchev–Trinajstić information content (AvgIpc) is 3.37. The lowest BCUT2D eigenvalue weighted by Crippen LogP contribution is -2.48. The molecule has 1 aliphatic heterocycles. The number of nitrogens with zero attached hydrogens (tertiary/aromatic N) is 3. The number of H-pyrrole nitrogens is 1. The van der Waals surface area contributed by atoms with E-state index in [1.54, 1.807) is 7.11 Å². The molecule has 0 bridgehead atoms. The van der Waals surface area contributed by atoms with Gasteiger partial charge in [0.15, 0.2) is 0 Å². The quantitative estimate of drug-likeness (QED) is 0.247. The molecule has 2 aromatic heterocycles. The Balaban J connectivity index is 1.34. The lowest BCUT2D eigenvalue weighted by molar-refractivity contribution is -0.111. The number of aromatic amines is 1. The molecule has 38 heavy (non-hydrogen) atoms. The second kappa shape index (κ2) is 11.4. The van der Waals surface area contributed by atoms with Crippen LogP contribution in [0, 0.1) is 5.92 Å². The number of carbonyl (C=O) groups is 1. The van der Waals surface area contributed by atoms with Crippen molar-refractivity contribution in [2.45, 2.75) is 12.8 Å². The monoisotopic (exact) mass is 514 g/mol. The van der Waals surface area contributed by atoms with Crippen LogP contribution in [0.2, 0.25) is 0 Å². The van der Waals surface area contributed by atoms with Gasteiger partial charge in [0.05, 0.1) is 18.5 Å². The molecule has 0 atom stereocenters. The fourth-order valence-electron chi connectivity index (χ4n) is 4.87. The Hall–Kier alpha value is -4.24. The molecular formula is C29H31FN6O2.